The molecule has 120 valence electrons. The number of rotatable bonds is 5. The zero-order valence-electron chi connectivity index (χ0n) is 13.3. The summed E-state index contributed by atoms with van der Waals surface area (Å²) >= 11 is 0. The van der Waals surface area contributed by atoms with E-state index in [2.05, 4.69) is 17.6 Å². The van der Waals surface area contributed by atoms with Crippen LogP contribution in [0.5, 0.6) is 5.75 Å². The lowest BCUT2D eigenvalue weighted by Crippen LogP contribution is -2.39. The van der Waals surface area contributed by atoms with E-state index in [-0.39, 0.29) is 11.9 Å². The van der Waals surface area contributed by atoms with Gasteiger partial charge in [-0.1, -0.05) is 19.8 Å². The molecule has 1 amide bonds. The Bertz CT molecular complexity index is 486. The van der Waals surface area contributed by atoms with Crippen molar-refractivity contribution in [2.75, 3.05) is 11.9 Å². The third-order valence-electron chi connectivity index (χ3n) is 4.77. The summed E-state index contributed by atoms with van der Waals surface area (Å²) in [5, 5.41) is 6.54. The number of amides is 1. The molecule has 1 heterocycles. The van der Waals surface area contributed by atoms with E-state index in [0.717, 1.165) is 30.9 Å². The van der Waals surface area contributed by atoms with Gasteiger partial charge in [-0.3, -0.25) is 4.79 Å². The second kappa shape index (κ2) is 7.14. The Hall–Kier alpha value is -1.55. The van der Waals surface area contributed by atoms with Crippen LogP contribution < -0.4 is 15.4 Å². The number of nitrogens with one attached hydrogen (secondary N) is 2. The van der Waals surface area contributed by atoms with Crippen molar-refractivity contribution >= 4 is 11.6 Å². The molecule has 1 aromatic carbocycles. The van der Waals surface area contributed by atoms with Crippen molar-refractivity contribution in [3.63, 3.8) is 0 Å². The van der Waals surface area contributed by atoms with Crippen molar-refractivity contribution < 1.29 is 9.53 Å². The lowest BCUT2D eigenvalue weighted by Gasteiger charge is -2.24. The van der Waals surface area contributed by atoms with Crippen LogP contribution >= 0.6 is 0 Å². The van der Waals surface area contributed by atoms with Crippen molar-refractivity contribution in [2.24, 2.45) is 5.92 Å². The molecule has 1 aliphatic heterocycles. The maximum Gasteiger partial charge on any atom is 0.241 e. The SMILES string of the molecule is CCCOc1ccc(NC(=O)C2CC3CCCCC3N2)cc1. The third-order valence-corrected chi connectivity index (χ3v) is 4.77. The average Bonchev–Trinajstić information content (AvgIpc) is 2.98. The molecule has 0 spiro atoms. The first-order valence-corrected chi connectivity index (χ1v) is 8.56. The lowest BCUT2D eigenvalue weighted by atomic mass is 9.85. The molecule has 1 saturated heterocycles. The van der Waals surface area contributed by atoms with Crippen molar-refractivity contribution in [1.29, 1.82) is 0 Å². The standard InChI is InChI=1S/C18H26N2O2/c1-2-11-22-15-9-7-14(8-10-15)19-18(21)17-12-13-5-3-4-6-16(13)20-17/h7-10,13,16-17,20H,2-6,11-12H2,1H3,(H,19,21). The number of benzene rings is 1. The first-order chi connectivity index (χ1) is 10.8. The molecule has 1 aliphatic carbocycles. The lowest BCUT2D eigenvalue weighted by molar-refractivity contribution is -0.117. The van der Waals surface area contributed by atoms with Crippen molar-refractivity contribution in [3.05, 3.63) is 24.3 Å². The monoisotopic (exact) mass is 302 g/mol. The Balaban J connectivity index is 1.53. The molecule has 0 bridgehead atoms. The van der Waals surface area contributed by atoms with Gasteiger partial charge in [0.15, 0.2) is 0 Å². The largest absolute Gasteiger partial charge is 0.494 e. The van der Waals surface area contributed by atoms with Gasteiger partial charge < -0.3 is 15.4 Å². The molecule has 1 saturated carbocycles. The summed E-state index contributed by atoms with van der Waals surface area (Å²) in [6.45, 7) is 2.81. The quantitative estimate of drug-likeness (QED) is 0.877. The maximum atomic E-state index is 12.4. The van der Waals surface area contributed by atoms with Gasteiger partial charge in [0.2, 0.25) is 5.91 Å². The van der Waals surface area contributed by atoms with Gasteiger partial charge in [-0.15, -0.1) is 0 Å². The number of ether oxygens (including phenoxy) is 1. The van der Waals surface area contributed by atoms with Crippen molar-refractivity contribution in [2.45, 2.75) is 57.5 Å². The van der Waals surface area contributed by atoms with Gasteiger partial charge in [-0.2, -0.15) is 0 Å². The van der Waals surface area contributed by atoms with Gasteiger partial charge in [0, 0.05) is 11.7 Å². The molecule has 2 N–H and O–H groups in total. The second-order valence-corrected chi connectivity index (χ2v) is 6.47. The van der Waals surface area contributed by atoms with E-state index >= 15 is 0 Å². The molecule has 3 unspecified atom stereocenters. The summed E-state index contributed by atoms with van der Waals surface area (Å²) in [6.07, 6.45) is 7.07. The van der Waals surface area contributed by atoms with E-state index in [9.17, 15) is 4.79 Å². The first-order valence-electron chi connectivity index (χ1n) is 8.56. The summed E-state index contributed by atoms with van der Waals surface area (Å²) in [7, 11) is 0. The number of fused-ring (bicyclic) bond motifs is 1. The molecular weight excluding hydrogens is 276 g/mol. The van der Waals surface area contributed by atoms with Crippen molar-refractivity contribution in [1.82, 2.24) is 5.32 Å². The molecule has 0 aromatic heterocycles. The fourth-order valence-electron chi connectivity index (χ4n) is 3.60. The van der Waals surface area contributed by atoms with Crippen LogP contribution in [0, 0.1) is 5.92 Å². The Morgan fingerprint density at radius 1 is 1.27 bits per heavy atom. The highest BCUT2D eigenvalue weighted by Gasteiger charge is 2.38. The summed E-state index contributed by atoms with van der Waals surface area (Å²) in [6, 6.07) is 8.15. The van der Waals surface area contributed by atoms with Crippen LogP contribution in [0.4, 0.5) is 5.69 Å². The van der Waals surface area contributed by atoms with Gasteiger partial charge in [0.25, 0.3) is 0 Å². The number of anilines is 1. The normalized spacial score (nSPS) is 27.2. The molecule has 1 aromatic rings. The highest BCUT2D eigenvalue weighted by molar-refractivity contribution is 5.95. The Morgan fingerprint density at radius 3 is 2.77 bits per heavy atom. The van der Waals surface area contributed by atoms with Gasteiger partial charge >= 0.3 is 0 Å². The number of hydrogen-bond acceptors (Lipinski definition) is 3. The summed E-state index contributed by atoms with van der Waals surface area (Å²) in [5.41, 5.74) is 0.838. The second-order valence-electron chi connectivity index (χ2n) is 6.47. The van der Waals surface area contributed by atoms with Crippen LogP contribution in [0.15, 0.2) is 24.3 Å². The number of carbonyl (C=O) groups is 1. The predicted octanol–water partition coefficient (Wildman–Crippen LogP) is 3.33. The molecule has 2 aliphatic rings. The van der Waals surface area contributed by atoms with Crippen molar-refractivity contribution in [3.8, 4) is 5.75 Å². The van der Waals surface area contributed by atoms with E-state index in [1.165, 1.54) is 25.7 Å². The Labute approximate surface area is 132 Å². The zero-order chi connectivity index (χ0) is 15.4. The number of hydrogen-bond donors (Lipinski definition) is 2. The first kappa shape index (κ1) is 15.3. The minimum absolute atomic E-state index is 0.0379. The van der Waals surface area contributed by atoms with Gasteiger partial charge in [0.05, 0.1) is 12.6 Å². The molecule has 4 nitrogen and oxygen atoms in total. The van der Waals surface area contributed by atoms with Crippen LogP contribution in [0.1, 0.15) is 45.4 Å². The fraction of sp³-hybridized carbons (Fsp3) is 0.611. The fourth-order valence-corrected chi connectivity index (χ4v) is 3.60. The molecular formula is C18H26N2O2. The molecule has 0 radical (unpaired) electrons. The smallest absolute Gasteiger partial charge is 0.241 e. The van der Waals surface area contributed by atoms with E-state index in [1.54, 1.807) is 0 Å². The van der Waals surface area contributed by atoms with Crippen LogP contribution in [-0.2, 0) is 4.79 Å². The van der Waals surface area contributed by atoms with Crippen LogP contribution in [0.3, 0.4) is 0 Å². The van der Waals surface area contributed by atoms with Crippen LogP contribution in [0.2, 0.25) is 0 Å². The van der Waals surface area contributed by atoms with E-state index in [1.807, 2.05) is 24.3 Å². The minimum atomic E-state index is -0.0379. The molecule has 22 heavy (non-hydrogen) atoms. The molecule has 2 fully saturated rings. The Kier molecular flexibility index (Phi) is 4.98. The molecule has 4 heteroatoms. The average molecular weight is 302 g/mol. The number of carbonyl (C=O) groups excluding carboxylic acids is 1. The summed E-state index contributed by atoms with van der Waals surface area (Å²) in [4.78, 5) is 12.4. The van der Waals surface area contributed by atoms with E-state index in [4.69, 9.17) is 4.74 Å². The van der Waals surface area contributed by atoms with Gasteiger partial charge in [-0.25, -0.2) is 0 Å². The minimum Gasteiger partial charge on any atom is -0.494 e. The topological polar surface area (TPSA) is 50.4 Å². The highest BCUT2D eigenvalue weighted by atomic mass is 16.5. The Morgan fingerprint density at radius 2 is 2.05 bits per heavy atom. The van der Waals surface area contributed by atoms with Crippen LogP contribution in [0.25, 0.3) is 0 Å². The highest BCUT2D eigenvalue weighted by Crippen LogP contribution is 2.33. The molecule has 3 rings (SSSR count). The maximum absolute atomic E-state index is 12.4. The van der Waals surface area contributed by atoms with E-state index < -0.39 is 0 Å². The summed E-state index contributed by atoms with van der Waals surface area (Å²) in [5.74, 6) is 1.64. The predicted molar refractivity (Wildman–Crippen MR) is 88.1 cm³/mol. The van der Waals surface area contributed by atoms with Gasteiger partial charge in [-0.05, 0) is 55.9 Å². The third kappa shape index (κ3) is 3.61. The van der Waals surface area contributed by atoms with Gasteiger partial charge in [0.1, 0.15) is 5.75 Å². The van der Waals surface area contributed by atoms with Crippen LogP contribution in [-0.4, -0.2) is 24.6 Å². The zero-order valence-corrected chi connectivity index (χ0v) is 13.3. The van der Waals surface area contributed by atoms with E-state index in [0.29, 0.717) is 12.0 Å². The molecule has 3 atom stereocenters. The summed E-state index contributed by atoms with van der Waals surface area (Å²) < 4.78 is 5.55.